The zero-order valence-corrected chi connectivity index (χ0v) is 14.6. The fourth-order valence-electron chi connectivity index (χ4n) is 2.49. The van der Waals surface area contributed by atoms with Crippen molar-refractivity contribution in [3.8, 4) is 0 Å². The molecule has 2 rings (SSSR count). The van der Waals surface area contributed by atoms with Crippen LogP contribution in [-0.2, 0) is 4.43 Å². The minimum absolute atomic E-state index is 0.194. The number of hydrogen-bond acceptors (Lipinski definition) is 2. The molecule has 1 heterocycles. The second-order valence-electron chi connectivity index (χ2n) is 7.41. The summed E-state index contributed by atoms with van der Waals surface area (Å²) in [7, 11) is -1.76. The van der Waals surface area contributed by atoms with Gasteiger partial charge in [-0.05, 0) is 43.1 Å². The maximum absolute atomic E-state index is 6.75. The molecular weight excluding hydrogens is 262 g/mol. The van der Waals surface area contributed by atoms with E-state index >= 15 is 0 Å². The summed E-state index contributed by atoms with van der Waals surface area (Å²) in [5, 5.41) is 3.88. The highest BCUT2D eigenvalue weighted by molar-refractivity contribution is 6.74. The van der Waals surface area contributed by atoms with E-state index in [0.29, 0.717) is 6.04 Å². The molecule has 0 amide bonds. The fraction of sp³-hybridized carbons (Fsp3) is 0.647. The molecule has 0 radical (unpaired) electrons. The van der Waals surface area contributed by atoms with E-state index in [1.165, 1.54) is 18.4 Å². The summed E-state index contributed by atoms with van der Waals surface area (Å²) in [5.74, 6) is 0. The second-order valence-corrected chi connectivity index (χ2v) is 12.2. The Labute approximate surface area is 125 Å². The molecule has 1 aromatic rings. The third-order valence-corrected chi connectivity index (χ3v) is 9.28. The molecule has 1 aliphatic heterocycles. The molecular formula is C17H29NOSi. The summed E-state index contributed by atoms with van der Waals surface area (Å²) in [6, 6.07) is 11.2. The lowest BCUT2D eigenvalue weighted by Gasteiger charge is -2.41. The van der Waals surface area contributed by atoms with Crippen molar-refractivity contribution in [1.82, 2.24) is 5.32 Å². The van der Waals surface area contributed by atoms with Crippen molar-refractivity contribution >= 4 is 8.32 Å². The first kappa shape index (κ1) is 15.7. The summed E-state index contributed by atoms with van der Waals surface area (Å²) < 4.78 is 6.75. The first-order valence-electron chi connectivity index (χ1n) is 7.77. The van der Waals surface area contributed by atoms with Gasteiger partial charge in [-0.15, -0.1) is 0 Å². The Kier molecular flexibility index (Phi) is 4.72. The van der Waals surface area contributed by atoms with Crippen molar-refractivity contribution in [3.05, 3.63) is 35.9 Å². The van der Waals surface area contributed by atoms with Crippen LogP contribution in [-0.4, -0.2) is 20.9 Å². The number of nitrogens with one attached hydrogen (secondary N) is 1. The molecule has 1 aromatic carbocycles. The van der Waals surface area contributed by atoms with Crippen LogP contribution in [0.2, 0.25) is 18.1 Å². The van der Waals surface area contributed by atoms with E-state index in [9.17, 15) is 0 Å². The van der Waals surface area contributed by atoms with Gasteiger partial charge in [0.2, 0.25) is 0 Å². The predicted octanol–water partition coefficient (Wildman–Crippen LogP) is 4.50. The maximum atomic E-state index is 6.75. The van der Waals surface area contributed by atoms with Crippen LogP contribution in [0.4, 0.5) is 0 Å². The van der Waals surface area contributed by atoms with Crippen LogP contribution < -0.4 is 5.32 Å². The van der Waals surface area contributed by atoms with Gasteiger partial charge in [-0.2, -0.15) is 0 Å². The van der Waals surface area contributed by atoms with E-state index in [1.54, 1.807) is 0 Å². The van der Waals surface area contributed by atoms with Crippen molar-refractivity contribution in [3.63, 3.8) is 0 Å². The van der Waals surface area contributed by atoms with Crippen molar-refractivity contribution in [2.45, 2.75) is 63.9 Å². The van der Waals surface area contributed by atoms with E-state index in [-0.39, 0.29) is 11.1 Å². The molecule has 1 saturated heterocycles. The largest absolute Gasteiger partial charge is 0.408 e. The van der Waals surface area contributed by atoms with Crippen LogP contribution in [0.1, 0.15) is 45.3 Å². The van der Waals surface area contributed by atoms with Crippen molar-refractivity contribution in [1.29, 1.82) is 0 Å². The number of hydrogen-bond donors (Lipinski definition) is 1. The van der Waals surface area contributed by atoms with Gasteiger partial charge < -0.3 is 9.74 Å². The Morgan fingerprint density at radius 3 is 2.35 bits per heavy atom. The first-order chi connectivity index (χ1) is 9.31. The van der Waals surface area contributed by atoms with Gasteiger partial charge in [0.15, 0.2) is 8.32 Å². The minimum Gasteiger partial charge on any atom is -0.408 e. The monoisotopic (exact) mass is 291 g/mol. The molecule has 2 unspecified atom stereocenters. The highest BCUT2D eigenvalue weighted by Crippen LogP contribution is 2.41. The van der Waals surface area contributed by atoms with Gasteiger partial charge in [-0.1, -0.05) is 51.1 Å². The summed E-state index contributed by atoms with van der Waals surface area (Å²) >= 11 is 0. The Morgan fingerprint density at radius 2 is 1.85 bits per heavy atom. The van der Waals surface area contributed by atoms with Gasteiger partial charge in [0.1, 0.15) is 0 Å². The first-order valence-corrected chi connectivity index (χ1v) is 10.7. The molecule has 0 aromatic heterocycles. The molecule has 20 heavy (non-hydrogen) atoms. The summed E-state index contributed by atoms with van der Waals surface area (Å²) in [6.07, 6.45) is 2.67. The molecule has 0 bridgehead atoms. The second kappa shape index (κ2) is 6.00. The van der Waals surface area contributed by atoms with Crippen LogP contribution in [0.3, 0.4) is 0 Å². The average molecular weight is 292 g/mol. The lowest BCUT2D eigenvalue weighted by atomic mass is 10.0. The molecule has 1 fully saturated rings. The smallest absolute Gasteiger partial charge is 0.192 e. The molecule has 0 saturated carbocycles. The summed E-state index contributed by atoms with van der Waals surface area (Å²) in [4.78, 5) is 0. The lowest BCUT2D eigenvalue weighted by Crippen LogP contribution is -2.45. The van der Waals surface area contributed by atoms with Crippen LogP contribution in [0.5, 0.6) is 0 Å². The third-order valence-electron chi connectivity index (χ3n) is 4.82. The summed E-state index contributed by atoms with van der Waals surface area (Å²) in [6.45, 7) is 12.7. The standard InChI is InChI=1S/C17H29NOSi/c1-17(2,3)20(4,5)19-16(15-12-9-13-18-15)14-10-7-6-8-11-14/h6-8,10-11,15-16,18H,9,12-13H2,1-5H3. The van der Waals surface area contributed by atoms with E-state index in [4.69, 9.17) is 4.43 Å². The van der Waals surface area contributed by atoms with Crippen LogP contribution in [0.25, 0.3) is 0 Å². The normalized spacial score (nSPS) is 21.9. The number of rotatable bonds is 4. The SMILES string of the molecule is CC(C)(C)[Si](C)(C)OC(c1ccccc1)C1CCCN1. The quantitative estimate of drug-likeness (QED) is 0.825. The Hall–Kier alpha value is -0.643. The molecule has 3 heteroatoms. The van der Waals surface area contributed by atoms with Crippen molar-refractivity contribution in [2.24, 2.45) is 0 Å². The minimum atomic E-state index is -1.76. The van der Waals surface area contributed by atoms with Crippen LogP contribution in [0, 0.1) is 0 Å². The van der Waals surface area contributed by atoms with Crippen LogP contribution in [0.15, 0.2) is 30.3 Å². The molecule has 0 aliphatic carbocycles. The van der Waals surface area contributed by atoms with Gasteiger partial charge in [0, 0.05) is 6.04 Å². The lowest BCUT2D eigenvalue weighted by molar-refractivity contribution is 0.145. The maximum Gasteiger partial charge on any atom is 0.192 e. The van der Waals surface area contributed by atoms with E-state index in [1.807, 2.05) is 0 Å². The highest BCUT2D eigenvalue weighted by atomic mass is 28.4. The topological polar surface area (TPSA) is 21.3 Å². The molecule has 0 spiro atoms. The molecule has 1 aliphatic rings. The fourth-order valence-corrected chi connectivity index (χ4v) is 3.78. The Morgan fingerprint density at radius 1 is 1.20 bits per heavy atom. The van der Waals surface area contributed by atoms with Crippen LogP contribution >= 0.6 is 0 Å². The molecule has 1 N–H and O–H groups in total. The average Bonchev–Trinajstić information content (AvgIpc) is 2.89. The molecule has 2 nitrogen and oxygen atoms in total. The van der Waals surface area contributed by atoms with Gasteiger partial charge >= 0.3 is 0 Å². The summed E-state index contributed by atoms with van der Waals surface area (Å²) in [5.41, 5.74) is 1.32. The van der Waals surface area contributed by atoms with Crippen molar-refractivity contribution < 1.29 is 4.43 Å². The zero-order valence-electron chi connectivity index (χ0n) is 13.6. The van der Waals surface area contributed by atoms with E-state index in [0.717, 1.165) is 6.54 Å². The van der Waals surface area contributed by atoms with Gasteiger partial charge in [-0.25, -0.2) is 0 Å². The molecule has 2 atom stereocenters. The third kappa shape index (κ3) is 3.51. The van der Waals surface area contributed by atoms with E-state index in [2.05, 4.69) is 69.5 Å². The van der Waals surface area contributed by atoms with Gasteiger partial charge in [-0.3, -0.25) is 0 Å². The van der Waals surface area contributed by atoms with E-state index < -0.39 is 8.32 Å². The molecule has 112 valence electrons. The van der Waals surface area contributed by atoms with Gasteiger partial charge in [0.05, 0.1) is 6.10 Å². The van der Waals surface area contributed by atoms with Crippen molar-refractivity contribution in [2.75, 3.05) is 6.54 Å². The Bertz CT molecular complexity index is 418. The highest BCUT2D eigenvalue weighted by Gasteiger charge is 2.41. The Balaban J connectivity index is 2.24. The number of benzene rings is 1. The van der Waals surface area contributed by atoms with Gasteiger partial charge in [0.25, 0.3) is 0 Å². The zero-order chi connectivity index (χ0) is 14.8. The predicted molar refractivity (Wildman–Crippen MR) is 88.5 cm³/mol.